The summed E-state index contributed by atoms with van der Waals surface area (Å²) in [5, 5.41) is 2.21. The Labute approximate surface area is 144 Å². The summed E-state index contributed by atoms with van der Waals surface area (Å²) in [7, 11) is 0. The molecule has 4 heteroatoms. The Balaban J connectivity index is 2.55. The van der Waals surface area contributed by atoms with E-state index >= 15 is 0 Å². The van der Waals surface area contributed by atoms with E-state index < -0.39 is 6.04 Å². The predicted molar refractivity (Wildman–Crippen MR) is 104 cm³/mol. The maximum absolute atomic E-state index is 13.0. The number of hydrogen-bond donors (Lipinski definition) is 0. The Kier molecular flexibility index (Phi) is 6.15. The first-order valence-electron chi connectivity index (χ1n) is 8.05. The van der Waals surface area contributed by atoms with Gasteiger partial charge in [0.15, 0.2) is 0 Å². The summed E-state index contributed by atoms with van der Waals surface area (Å²) in [5.41, 5.74) is -0.206. The maximum atomic E-state index is 13.0. The molecule has 1 amide bonds. The Morgan fingerprint density at radius 1 is 0.957 bits per heavy atom. The summed E-state index contributed by atoms with van der Waals surface area (Å²) < 4.78 is 0. The van der Waals surface area contributed by atoms with E-state index in [1.54, 1.807) is 0 Å². The number of amides is 1. The van der Waals surface area contributed by atoms with E-state index in [2.05, 4.69) is 24.3 Å². The molecule has 0 fully saturated rings. The van der Waals surface area contributed by atoms with Crippen molar-refractivity contribution in [3.8, 4) is 0 Å². The van der Waals surface area contributed by atoms with Crippen molar-refractivity contribution >= 4 is 34.4 Å². The summed E-state index contributed by atoms with van der Waals surface area (Å²) in [4.78, 5) is 14.9. The third-order valence-electron chi connectivity index (χ3n) is 4.26. The molecule has 122 valence electrons. The molecule has 0 heterocycles. The molecule has 0 spiro atoms. The SMILES string of the molecule is CCN(CC)C(=O)C(C)P(=S)(c1ccccc1)c1ccccc1. The highest BCUT2D eigenvalue weighted by atomic mass is 32.4. The minimum atomic E-state index is -2.21. The zero-order valence-corrected chi connectivity index (χ0v) is 15.7. The molecule has 0 saturated heterocycles. The van der Waals surface area contributed by atoms with Crippen LogP contribution in [0, 0.1) is 0 Å². The number of carbonyl (C=O) groups is 1. The van der Waals surface area contributed by atoms with E-state index in [1.165, 1.54) is 0 Å². The van der Waals surface area contributed by atoms with Crippen LogP contribution >= 0.6 is 6.04 Å². The second-order valence-corrected chi connectivity index (χ2v) is 10.4. The lowest BCUT2D eigenvalue weighted by Crippen LogP contribution is -2.40. The molecule has 0 bridgehead atoms. The van der Waals surface area contributed by atoms with Gasteiger partial charge in [-0.25, -0.2) is 0 Å². The maximum Gasteiger partial charge on any atom is 0.231 e. The minimum absolute atomic E-state index is 0.158. The number of hydrogen-bond acceptors (Lipinski definition) is 2. The van der Waals surface area contributed by atoms with E-state index in [9.17, 15) is 4.79 Å². The summed E-state index contributed by atoms with van der Waals surface area (Å²) >= 11 is 6.21. The molecule has 2 aromatic carbocycles. The molecule has 0 aliphatic heterocycles. The van der Waals surface area contributed by atoms with Gasteiger partial charge in [0, 0.05) is 19.1 Å². The smallest absolute Gasteiger partial charge is 0.231 e. The van der Waals surface area contributed by atoms with Gasteiger partial charge in [0.25, 0.3) is 0 Å². The first-order valence-corrected chi connectivity index (χ1v) is 10.9. The third-order valence-corrected chi connectivity index (χ3v) is 9.91. The van der Waals surface area contributed by atoms with Crippen LogP contribution in [0.5, 0.6) is 0 Å². The largest absolute Gasteiger partial charge is 0.343 e. The van der Waals surface area contributed by atoms with Gasteiger partial charge < -0.3 is 4.90 Å². The van der Waals surface area contributed by atoms with E-state index in [0.29, 0.717) is 0 Å². The number of benzene rings is 2. The molecule has 2 nitrogen and oxygen atoms in total. The predicted octanol–water partition coefficient (Wildman–Crippen LogP) is 3.37. The van der Waals surface area contributed by atoms with Crippen LogP contribution in [0.25, 0.3) is 0 Å². The number of carbonyl (C=O) groups excluding carboxylic acids is 1. The lowest BCUT2D eigenvalue weighted by atomic mass is 10.3. The van der Waals surface area contributed by atoms with Gasteiger partial charge in [0.1, 0.15) is 0 Å². The van der Waals surface area contributed by atoms with Gasteiger partial charge in [-0.2, -0.15) is 0 Å². The van der Waals surface area contributed by atoms with Gasteiger partial charge in [-0.3, -0.25) is 4.79 Å². The fraction of sp³-hybridized carbons (Fsp3) is 0.316. The minimum Gasteiger partial charge on any atom is -0.343 e. The van der Waals surface area contributed by atoms with E-state index in [-0.39, 0.29) is 11.6 Å². The second kappa shape index (κ2) is 7.90. The molecule has 2 rings (SSSR count). The van der Waals surface area contributed by atoms with Crippen LogP contribution in [0.15, 0.2) is 60.7 Å². The Morgan fingerprint density at radius 2 is 1.35 bits per heavy atom. The molecule has 0 radical (unpaired) electrons. The summed E-state index contributed by atoms with van der Waals surface area (Å²) in [5.74, 6) is 0.158. The number of rotatable bonds is 6. The average Bonchev–Trinajstić information content (AvgIpc) is 2.62. The van der Waals surface area contributed by atoms with Gasteiger partial charge in [0.2, 0.25) is 5.91 Å². The van der Waals surface area contributed by atoms with Crippen LogP contribution in [0.2, 0.25) is 0 Å². The molecule has 0 aliphatic carbocycles. The monoisotopic (exact) mass is 345 g/mol. The molecular formula is C19H24NOPS. The van der Waals surface area contributed by atoms with Crippen molar-refractivity contribution in [2.75, 3.05) is 13.1 Å². The lowest BCUT2D eigenvalue weighted by Gasteiger charge is -2.32. The van der Waals surface area contributed by atoms with Crippen molar-refractivity contribution in [1.29, 1.82) is 0 Å². The highest BCUT2D eigenvalue weighted by molar-refractivity contribution is 8.22. The molecule has 1 unspecified atom stereocenters. The van der Waals surface area contributed by atoms with Crippen molar-refractivity contribution in [3.63, 3.8) is 0 Å². The highest BCUT2D eigenvalue weighted by Gasteiger charge is 2.35. The standard InChI is InChI=1S/C19H24NOPS/c1-4-20(5-2)19(21)16(3)22(23,17-12-8-6-9-13-17)18-14-10-7-11-15-18/h6-16H,4-5H2,1-3H3. The van der Waals surface area contributed by atoms with Crippen molar-refractivity contribution in [3.05, 3.63) is 60.7 Å². The van der Waals surface area contributed by atoms with E-state index in [1.807, 2.05) is 62.1 Å². The molecule has 1 atom stereocenters. The lowest BCUT2D eigenvalue weighted by molar-refractivity contribution is -0.130. The first kappa shape index (κ1) is 17.9. The topological polar surface area (TPSA) is 20.3 Å². The van der Waals surface area contributed by atoms with E-state index in [0.717, 1.165) is 23.7 Å². The Hall–Kier alpha value is -1.44. The van der Waals surface area contributed by atoms with Crippen LogP contribution in [0.4, 0.5) is 0 Å². The normalized spacial score (nSPS) is 12.7. The second-order valence-electron chi connectivity index (χ2n) is 5.52. The Morgan fingerprint density at radius 3 is 1.70 bits per heavy atom. The molecule has 2 aromatic rings. The van der Waals surface area contributed by atoms with E-state index in [4.69, 9.17) is 11.8 Å². The highest BCUT2D eigenvalue weighted by Crippen LogP contribution is 2.49. The van der Waals surface area contributed by atoms with Crippen molar-refractivity contribution in [2.24, 2.45) is 0 Å². The summed E-state index contributed by atoms with van der Waals surface area (Å²) in [6.07, 6.45) is 0. The van der Waals surface area contributed by atoms with Crippen molar-refractivity contribution in [2.45, 2.75) is 26.4 Å². The quantitative estimate of drug-likeness (QED) is 0.748. The Bertz CT molecular complexity index is 640. The zero-order valence-electron chi connectivity index (χ0n) is 14.0. The van der Waals surface area contributed by atoms with Crippen molar-refractivity contribution < 1.29 is 4.79 Å². The van der Waals surface area contributed by atoms with Gasteiger partial charge in [-0.05, 0) is 31.4 Å². The molecule has 0 N–H and O–H groups in total. The fourth-order valence-corrected chi connectivity index (χ4v) is 6.75. The first-order chi connectivity index (χ1) is 11.1. The van der Waals surface area contributed by atoms with Crippen LogP contribution in [0.3, 0.4) is 0 Å². The van der Waals surface area contributed by atoms with Crippen LogP contribution in [0.1, 0.15) is 20.8 Å². The average molecular weight is 345 g/mol. The van der Waals surface area contributed by atoms with Gasteiger partial charge in [-0.15, -0.1) is 0 Å². The third kappa shape index (κ3) is 3.57. The summed E-state index contributed by atoms with van der Waals surface area (Å²) in [6.45, 7) is 7.48. The van der Waals surface area contributed by atoms with Crippen LogP contribution in [-0.2, 0) is 16.6 Å². The fourth-order valence-electron chi connectivity index (χ4n) is 2.85. The van der Waals surface area contributed by atoms with Gasteiger partial charge >= 0.3 is 0 Å². The molecular weight excluding hydrogens is 321 g/mol. The van der Waals surface area contributed by atoms with Crippen molar-refractivity contribution in [1.82, 2.24) is 4.90 Å². The van der Waals surface area contributed by atoms with Crippen LogP contribution < -0.4 is 10.6 Å². The van der Waals surface area contributed by atoms with Gasteiger partial charge in [0.05, 0.1) is 5.66 Å². The molecule has 0 saturated carbocycles. The zero-order chi connectivity index (χ0) is 16.9. The molecule has 0 aliphatic rings. The number of nitrogens with zero attached hydrogens (tertiary/aromatic N) is 1. The van der Waals surface area contributed by atoms with Gasteiger partial charge in [-0.1, -0.05) is 72.5 Å². The van der Waals surface area contributed by atoms with Crippen LogP contribution in [-0.4, -0.2) is 29.6 Å². The molecule has 0 aromatic heterocycles. The summed E-state index contributed by atoms with van der Waals surface area (Å²) in [6, 6.07) is 18.1. The molecule has 23 heavy (non-hydrogen) atoms.